The number of hydrogen-bond donors (Lipinski definition) is 1. The van der Waals surface area contributed by atoms with Crippen molar-refractivity contribution in [2.24, 2.45) is 0 Å². The summed E-state index contributed by atoms with van der Waals surface area (Å²) < 4.78 is 4.32. The van der Waals surface area contributed by atoms with E-state index in [0.717, 1.165) is 16.7 Å². The van der Waals surface area contributed by atoms with Crippen LogP contribution in [0.15, 0.2) is 21.5 Å². The zero-order chi connectivity index (χ0) is 11.1. The van der Waals surface area contributed by atoms with Crippen molar-refractivity contribution < 1.29 is 0 Å². The molecule has 1 aromatic rings. The molecule has 0 radical (unpaired) electrons. The number of hydrogen-bond acceptors (Lipinski definition) is 4. The maximum absolute atomic E-state index is 8.99. The van der Waals surface area contributed by atoms with E-state index in [1.165, 1.54) is 23.4 Å². The van der Waals surface area contributed by atoms with Gasteiger partial charge in [0, 0.05) is 10.5 Å². The Morgan fingerprint density at radius 2 is 2.31 bits per heavy atom. The predicted molar refractivity (Wildman–Crippen MR) is 68.2 cm³/mol. The van der Waals surface area contributed by atoms with E-state index >= 15 is 0 Å². The highest BCUT2D eigenvalue weighted by Crippen LogP contribution is 2.43. The number of nitrogens with one attached hydrogen (secondary N) is 1. The van der Waals surface area contributed by atoms with Crippen LogP contribution < -0.4 is 9.62 Å². The van der Waals surface area contributed by atoms with Gasteiger partial charge in [0.15, 0.2) is 0 Å². The minimum absolute atomic E-state index is 0.660. The molecule has 1 aliphatic heterocycles. The maximum atomic E-state index is 8.99. The van der Waals surface area contributed by atoms with Gasteiger partial charge in [-0.3, -0.25) is 0 Å². The second kappa shape index (κ2) is 3.95. The zero-order valence-electron chi connectivity index (χ0n) is 8.53. The van der Waals surface area contributed by atoms with Gasteiger partial charge in [-0.1, -0.05) is 0 Å². The largest absolute Gasteiger partial charge is 0.354 e. The Hall–Kier alpha value is -0.700. The summed E-state index contributed by atoms with van der Waals surface area (Å²) in [5.74, 6) is 0. The normalized spacial score (nSPS) is 19.1. The van der Waals surface area contributed by atoms with Gasteiger partial charge in [0.2, 0.25) is 0 Å². The Kier molecular flexibility index (Phi) is 2.58. The minimum Gasteiger partial charge on any atom is -0.354 e. The van der Waals surface area contributed by atoms with Gasteiger partial charge < -0.3 is 4.90 Å². The van der Waals surface area contributed by atoms with Crippen molar-refractivity contribution in [3.05, 3.63) is 22.2 Å². The number of fused-ring (bicyclic) bond motifs is 1. The van der Waals surface area contributed by atoms with Crippen LogP contribution in [0.2, 0.25) is 0 Å². The Bertz CT molecular complexity index is 479. The lowest BCUT2D eigenvalue weighted by atomic mass is 10.2. The third-order valence-corrected chi connectivity index (χ3v) is 4.65. The van der Waals surface area contributed by atoms with Crippen LogP contribution in [-0.4, -0.2) is 12.7 Å². The number of halogens is 1. The van der Waals surface area contributed by atoms with E-state index in [4.69, 9.17) is 5.26 Å². The number of rotatable bonds is 1. The number of benzene rings is 1. The van der Waals surface area contributed by atoms with E-state index in [1.54, 1.807) is 11.9 Å². The molecule has 82 valence electrons. The Morgan fingerprint density at radius 3 is 3.00 bits per heavy atom. The molecular formula is C11H10BrN3S. The summed E-state index contributed by atoms with van der Waals surface area (Å²) in [6, 6.07) is 6.74. The molecule has 3 nitrogen and oxygen atoms in total. The molecule has 0 spiro atoms. The van der Waals surface area contributed by atoms with Gasteiger partial charge in [0.05, 0.1) is 28.9 Å². The Balaban J connectivity index is 2.10. The first-order valence-electron chi connectivity index (χ1n) is 5.19. The summed E-state index contributed by atoms with van der Waals surface area (Å²) in [6.07, 6.45) is 2.53. The first kappa shape index (κ1) is 10.5. The van der Waals surface area contributed by atoms with Crippen LogP contribution in [0.25, 0.3) is 0 Å². The standard InChI is InChI=1S/C11H10BrN3S/c12-9-3-7(5-13)4-10-11(9)16-14-6-15(10)8-1-2-8/h3-4,8,14H,1-2,6H2. The summed E-state index contributed by atoms with van der Waals surface area (Å²) in [7, 11) is 0. The fourth-order valence-corrected chi connectivity index (χ4v) is 3.41. The monoisotopic (exact) mass is 295 g/mol. The predicted octanol–water partition coefficient (Wildman–Crippen LogP) is 2.86. The number of nitriles is 1. The highest BCUT2D eigenvalue weighted by molar-refractivity contribution is 9.10. The van der Waals surface area contributed by atoms with Gasteiger partial charge in [0.1, 0.15) is 0 Å². The zero-order valence-corrected chi connectivity index (χ0v) is 10.9. The number of nitrogens with zero attached hydrogens (tertiary/aromatic N) is 2. The molecule has 3 rings (SSSR count). The van der Waals surface area contributed by atoms with E-state index < -0.39 is 0 Å². The second-order valence-corrected chi connectivity index (χ2v) is 5.78. The molecule has 0 saturated heterocycles. The first-order valence-corrected chi connectivity index (χ1v) is 6.80. The van der Waals surface area contributed by atoms with Crippen molar-refractivity contribution in [1.29, 1.82) is 5.26 Å². The van der Waals surface area contributed by atoms with E-state index in [1.807, 2.05) is 12.1 Å². The van der Waals surface area contributed by atoms with Gasteiger partial charge in [0.25, 0.3) is 0 Å². The van der Waals surface area contributed by atoms with Crippen LogP contribution in [0.3, 0.4) is 0 Å². The first-order chi connectivity index (χ1) is 7.79. The van der Waals surface area contributed by atoms with Crippen LogP contribution in [0.1, 0.15) is 18.4 Å². The minimum atomic E-state index is 0.660. The van der Waals surface area contributed by atoms with Crippen molar-refractivity contribution in [3.63, 3.8) is 0 Å². The molecule has 0 unspecified atom stereocenters. The fraction of sp³-hybridized carbons (Fsp3) is 0.364. The van der Waals surface area contributed by atoms with Gasteiger partial charge in [-0.25, -0.2) is 4.72 Å². The SMILES string of the molecule is N#Cc1cc(Br)c2c(c1)N(C1CC1)CNS2. The second-order valence-electron chi connectivity index (χ2n) is 4.02. The average Bonchev–Trinajstić information content (AvgIpc) is 3.12. The third-order valence-electron chi connectivity index (χ3n) is 2.86. The molecule has 2 aliphatic rings. The van der Waals surface area contributed by atoms with Gasteiger partial charge in [-0.05, 0) is 52.9 Å². The maximum Gasteiger partial charge on any atom is 0.0992 e. The van der Waals surface area contributed by atoms with E-state index in [-0.39, 0.29) is 0 Å². The smallest absolute Gasteiger partial charge is 0.0992 e. The third kappa shape index (κ3) is 1.71. The molecule has 1 heterocycles. The van der Waals surface area contributed by atoms with Crippen LogP contribution in [0.5, 0.6) is 0 Å². The van der Waals surface area contributed by atoms with Crippen molar-refractivity contribution in [2.45, 2.75) is 23.8 Å². The molecule has 1 aliphatic carbocycles. The van der Waals surface area contributed by atoms with Gasteiger partial charge >= 0.3 is 0 Å². The molecule has 0 amide bonds. The van der Waals surface area contributed by atoms with Crippen LogP contribution in [0.4, 0.5) is 5.69 Å². The Morgan fingerprint density at radius 1 is 1.50 bits per heavy atom. The lowest BCUT2D eigenvalue weighted by Crippen LogP contribution is -2.36. The highest BCUT2D eigenvalue weighted by Gasteiger charge is 2.33. The molecule has 0 bridgehead atoms. The lowest BCUT2D eigenvalue weighted by molar-refractivity contribution is 0.753. The van der Waals surface area contributed by atoms with Crippen LogP contribution >= 0.6 is 27.9 Å². The van der Waals surface area contributed by atoms with Crippen molar-refractivity contribution in [1.82, 2.24) is 4.72 Å². The topological polar surface area (TPSA) is 39.1 Å². The lowest BCUT2D eigenvalue weighted by Gasteiger charge is -2.31. The summed E-state index contributed by atoms with van der Waals surface area (Å²) >= 11 is 5.17. The van der Waals surface area contributed by atoms with E-state index in [9.17, 15) is 0 Å². The molecular weight excluding hydrogens is 286 g/mol. The molecule has 0 aromatic heterocycles. The van der Waals surface area contributed by atoms with Gasteiger partial charge in [-0.15, -0.1) is 0 Å². The summed E-state index contributed by atoms with van der Waals surface area (Å²) in [5, 5.41) is 8.99. The Labute approximate surface area is 107 Å². The van der Waals surface area contributed by atoms with Gasteiger partial charge in [-0.2, -0.15) is 5.26 Å². The molecule has 1 aromatic carbocycles. The summed E-state index contributed by atoms with van der Waals surface area (Å²) in [5.41, 5.74) is 1.91. The highest BCUT2D eigenvalue weighted by atomic mass is 79.9. The number of anilines is 1. The molecule has 16 heavy (non-hydrogen) atoms. The van der Waals surface area contributed by atoms with Crippen molar-refractivity contribution >= 4 is 33.6 Å². The van der Waals surface area contributed by atoms with E-state index in [2.05, 4.69) is 31.6 Å². The quantitative estimate of drug-likeness (QED) is 0.809. The van der Waals surface area contributed by atoms with Crippen molar-refractivity contribution in [3.8, 4) is 6.07 Å². The molecule has 0 atom stereocenters. The summed E-state index contributed by atoms with van der Waals surface area (Å²) in [6.45, 7) is 0.865. The molecule has 1 saturated carbocycles. The fourth-order valence-electron chi connectivity index (χ4n) is 1.93. The average molecular weight is 296 g/mol. The van der Waals surface area contributed by atoms with E-state index in [0.29, 0.717) is 6.04 Å². The van der Waals surface area contributed by atoms with Crippen molar-refractivity contribution in [2.75, 3.05) is 11.6 Å². The molecule has 5 heteroatoms. The molecule has 1 N–H and O–H groups in total. The molecule has 1 fully saturated rings. The van der Waals surface area contributed by atoms with Crippen LogP contribution in [0, 0.1) is 11.3 Å². The van der Waals surface area contributed by atoms with Crippen LogP contribution in [-0.2, 0) is 0 Å². The summed E-state index contributed by atoms with van der Waals surface area (Å²) in [4.78, 5) is 3.55.